The highest BCUT2D eigenvalue weighted by Gasteiger charge is 2.17. The first kappa shape index (κ1) is 24.5. The number of hydrogen-bond acceptors (Lipinski definition) is 6. The van der Waals surface area contributed by atoms with Gasteiger partial charge in [0.2, 0.25) is 5.62 Å². The maximum absolute atomic E-state index is 10.9. The molecule has 0 aliphatic rings. The van der Waals surface area contributed by atoms with Crippen LogP contribution in [0.25, 0.3) is 11.0 Å². The maximum atomic E-state index is 10.9. The molecule has 4 N–H and O–H groups in total. The summed E-state index contributed by atoms with van der Waals surface area (Å²) in [6, 6.07) is 19.9. The van der Waals surface area contributed by atoms with Gasteiger partial charge in [-0.3, -0.25) is 5.41 Å². The van der Waals surface area contributed by atoms with E-state index in [2.05, 4.69) is 10.4 Å². The van der Waals surface area contributed by atoms with Crippen LogP contribution in [-0.2, 0) is 13.1 Å². The van der Waals surface area contributed by atoms with Gasteiger partial charge in [0.1, 0.15) is 5.75 Å². The van der Waals surface area contributed by atoms with Crippen LogP contribution in [0.15, 0.2) is 83.7 Å². The van der Waals surface area contributed by atoms with Crippen molar-refractivity contribution in [2.75, 3.05) is 12.4 Å². The molecule has 0 fully saturated rings. The summed E-state index contributed by atoms with van der Waals surface area (Å²) in [5, 5.41) is 27.2. The zero-order valence-electron chi connectivity index (χ0n) is 18.9. The van der Waals surface area contributed by atoms with E-state index in [0.29, 0.717) is 27.1 Å². The molecule has 180 valence electrons. The Kier molecular flexibility index (Phi) is 7.55. The molecule has 0 radical (unpaired) electrons. The van der Waals surface area contributed by atoms with E-state index in [1.54, 1.807) is 40.6 Å². The van der Waals surface area contributed by atoms with Crippen molar-refractivity contribution in [3.05, 3.63) is 99.9 Å². The second-order valence-electron chi connectivity index (χ2n) is 7.82. The number of nitrogens with zero attached hydrogens (tertiary/aromatic N) is 3. The summed E-state index contributed by atoms with van der Waals surface area (Å²) < 4.78 is 8.70. The second-order valence-corrected chi connectivity index (χ2v) is 8.64. The van der Waals surface area contributed by atoms with Crippen molar-refractivity contribution in [3.63, 3.8) is 0 Å². The summed E-state index contributed by atoms with van der Waals surface area (Å²) in [5.41, 5.74) is 11.2. The Morgan fingerprint density at radius 2 is 1.80 bits per heavy atom. The molecule has 0 spiro atoms. The normalized spacial score (nSPS) is 12.5. The molecular formula is C25H24Cl2N6O2. The van der Waals surface area contributed by atoms with Gasteiger partial charge < -0.3 is 24.3 Å². The Balaban J connectivity index is 1.64. The topological polar surface area (TPSA) is 111 Å². The minimum Gasteiger partial charge on any atom is -0.497 e. The number of fused-ring (bicyclic) bond motifs is 1. The molecule has 1 heterocycles. The predicted octanol–water partition coefficient (Wildman–Crippen LogP) is 5.96. The minimum atomic E-state index is -0.899. The van der Waals surface area contributed by atoms with Gasteiger partial charge in [0.05, 0.1) is 53.1 Å². The molecule has 3 aromatic carbocycles. The number of methoxy groups -OCH3 is 1. The highest BCUT2D eigenvalue weighted by Crippen LogP contribution is 2.27. The Bertz CT molecular complexity index is 1460. The lowest BCUT2D eigenvalue weighted by molar-refractivity contribution is 0.155. The number of benzene rings is 3. The second kappa shape index (κ2) is 10.8. The van der Waals surface area contributed by atoms with Crippen LogP contribution in [0.5, 0.6) is 5.75 Å². The first-order valence-corrected chi connectivity index (χ1v) is 11.5. The van der Waals surface area contributed by atoms with Gasteiger partial charge in [-0.05, 0) is 42.0 Å². The first-order chi connectivity index (χ1) is 16.9. The summed E-state index contributed by atoms with van der Waals surface area (Å²) in [7, 11) is 1.60. The van der Waals surface area contributed by atoms with Crippen molar-refractivity contribution < 1.29 is 9.84 Å². The number of imidazole rings is 1. The smallest absolute Gasteiger partial charge is 0.203 e. The lowest BCUT2D eigenvalue weighted by Crippen LogP contribution is -2.27. The molecule has 0 saturated carbocycles. The van der Waals surface area contributed by atoms with Crippen molar-refractivity contribution in [3.8, 4) is 5.75 Å². The van der Waals surface area contributed by atoms with E-state index in [1.165, 1.54) is 0 Å². The number of aliphatic hydroxyl groups is 1. The Hall–Kier alpha value is -3.59. The molecule has 4 rings (SSSR count). The fraction of sp³-hybridized carbons (Fsp3) is 0.160. The fourth-order valence-corrected chi connectivity index (χ4v) is 4.10. The third kappa shape index (κ3) is 5.40. The summed E-state index contributed by atoms with van der Waals surface area (Å²) >= 11 is 12.1. The van der Waals surface area contributed by atoms with Gasteiger partial charge in [-0.25, -0.2) is 5.53 Å². The monoisotopic (exact) mass is 510 g/mol. The molecular weight excluding hydrogens is 487 g/mol. The van der Waals surface area contributed by atoms with Crippen LogP contribution >= 0.6 is 23.2 Å². The van der Waals surface area contributed by atoms with Crippen molar-refractivity contribution in [2.24, 2.45) is 5.11 Å². The summed E-state index contributed by atoms with van der Waals surface area (Å²) in [6.45, 7) is 0.332. The van der Waals surface area contributed by atoms with Gasteiger partial charge in [-0.15, -0.1) is 0 Å². The van der Waals surface area contributed by atoms with E-state index in [-0.39, 0.29) is 18.7 Å². The first-order valence-electron chi connectivity index (χ1n) is 10.7. The van der Waals surface area contributed by atoms with E-state index in [9.17, 15) is 5.11 Å². The largest absolute Gasteiger partial charge is 0.497 e. The van der Waals surface area contributed by atoms with E-state index in [0.717, 1.165) is 16.7 Å². The molecule has 0 amide bonds. The van der Waals surface area contributed by atoms with Crippen LogP contribution < -0.4 is 15.7 Å². The van der Waals surface area contributed by atoms with Gasteiger partial charge in [-0.2, -0.15) is 5.11 Å². The van der Waals surface area contributed by atoms with E-state index >= 15 is 0 Å². The maximum Gasteiger partial charge on any atom is 0.203 e. The molecule has 8 nitrogen and oxygen atoms in total. The zero-order chi connectivity index (χ0) is 24.9. The summed E-state index contributed by atoms with van der Waals surface area (Å²) in [6.07, 6.45) is 0.731. The van der Waals surface area contributed by atoms with Crippen molar-refractivity contribution in [2.45, 2.75) is 19.2 Å². The van der Waals surface area contributed by atoms with Gasteiger partial charge in [-0.1, -0.05) is 47.5 Å². The average Bonchev–Trinajstić information content (AvgIpc) is 3.13. The molecule has 0 saturated heterocycles. The van der Waals surface area contributed by atoms with E-state index < -0.39 is 6.10 Å². The lowest BCUT2D eigenvalue weighted by Gasteiger charge is -2.13. The number of anilines is 1. The van der Waals surface area contributed by atoms with Gasteiger partial charge in [0.15, 0.2) is 0 Å². The van der Waals surface area contributed by atoms with Crippen LogP contribution in [0.2, 0.25) is 10.0 Å². The van der Waals surface area contributed by atoms with Gasteiger partial charge >= 0.3 is 0 Å². The third-order valence-corrected chi connectivity index (χ3v) is 6.34. The highest BCUT2D eigenvalue weighted by atomic mass is 35.5. The number of halogens is 2. The SMILES string of the molecule is COc1cccc(N/C=C(/Cn2c(=N)n(CC(O)c3ccc(Cl)c(Cl)c3)c3ccccc32)N=N)c1. The number of para-hydroxylation sites is 2. The molecule has 10 heteroatoms. The van der Waals surface area contributed by atoms with Crippen LogP contribution in [0.1, 0.15) is 11.7 Å². The average molecular weight is 511 g/mol. The van der Waals surface area contributed by atoms with E-state index in [1.807, 2.05) is 48.5 Å². The number of ether oxygens (including phenoxy) is 1. The fourth-order valence-electron chi connectivity index (χ4n) is 3.79. The third-order valence-electron chi connectivity index (χ3n) is 5.60. The molecule has 35 heavy (non-hydrogen) atoms. The Morgan fingerprint density at radius 3 is 2.49 bits per heavy atom. The van der Waals surface area contributed by atoms with Gasteiger partial charge in [0.25, 0.3) is 0 Å². The highest BCUT2D eigenvalue weighted by molar-refractivity contribution is 6.42. The van der Waals surface area contributed by atoms with Crippen LogP contribution in [0.4, 0.5) is 5.69 Å². The summed E-state index contributed by atoms with van der Waals surface area (Å²) in [5.74, 6) is 0.708. The number of allylic oxidation sites excluding steroid dienone is 1. The Morgan fingerprint density at radius 1 is 1.06 bits per heavy atom. The Labute approximate surface area is 212 Å². The minimum absolute atomic E-state index is 0.142. The number of hydrogen-bond donors (Lipinski definition) is 4. The number of nitrogens with one attached hydrogen (secondary N) is 3. The zero-order valence-corrected chi connectivity index (χ0v) is 20.4. The molecule has 0 aliphatic heterocycles. The van der Waals surface area contributed by atoms with Crippen LogP contribution in [-0.4, -0.2) is 21.4 Å². The summed E-state index contributed by atoms with van der Waals surface area (Å²) in [4.78, 5) is 0. The van der Waals surface area contributed by atoms with Crippen LogP contribution in [0, 0.1) is 10.9 Å². The molecule has 1 unspecified atom stereocenters. The number of aliphatic hydroxyl groups excluding tert-OH is 1. The lowest BCUT2D eigenvalue weighted by atomic mass is 10.1. The standard InChI is InChI=1S/C25H24Cl2N6O2/c1-35-19-6-4-5-17(12-19)30-13-18(31-29)14-32-22-7-2-3-8-23(22)33(25(32)28)15-24(34)16-9-10-20(26)21(27)11-16/h2-13,24,28-30,34H,14-15H2,1H3/b18-13-,28-25?,31-29?. The van der Waals surface area contributed by atoms with Crippen molar-refractivity contribution >= 4 is 39.9 Å². The predicted molar refractivity (Wildman–Crippen MR) is 137 cm³/mol. The van der Waals surface area contributed by atoms with Crippen molar-refractivity contribution in [1.82, 2.24) is 9.13 Å². The van der Waals surface area contributed by atoms with Crippen molar-refractivity contribution in [1.29, 1.82) is 10.9 Å². The molecule has 1 aromatic heterocycles. The molecule has 4 aromatic rings. The molecule has 0 bridgehead atoms. The van der Waals surface area contributed by atoms with Gasteiger partial charge in [0, 0.05) is 18.0 Å². The quantitative estimate of drug-likeness (QED) is 0.208. The van der Waals surface area contributed by atoms with E-state index in [4.69, 9.17) is 38.9 Å². The number of aromatic nitrogens is 2. The molecule has 1 atom stereocenters. The molecule has 0 aliphatic carbocycles. The van der Waals surface area contributed by atoms with Crippen LogP contribution in [0.3, 0.4) is 0 Å². The number of rotatable bonds is 9.